The summed E-state index contributed by atoms with van der Waals surface area (Å²) in [5.74, 6) is 0.505. The Morgan fingerprint density at radius 2 is 1.88 bits per heavy atom. The summed E-state index contributed by atoms with van der Waals surface area (Å²) in [6.45, 7) is 1.95. The largest absolute Gasteiger partial charge is 0.333 e. The second kappa shape index (κ2) is 5.93. The fourth-order valence-electron chi connectivity index (χ4n) is 3.18. The fourth-order valence-corrected chi connectivity index (χ4v) is 4.86. The van der Waals surface area contributed by atoms with Crippen molar-refractivity contribution in [2.45, 2.75) is 18.3 Å². The third-order valence-electron chi connectivity index (χ3n) is 4.33. The molecule has 0 aliphatic carbocycles. The number of benzene rings is 2. The lowest BCUT2D eigenvalue weighted by Gasteiger charge is -2.23. The van der Waals surface area contributed by atoms with E-state index in [2.05, 4.69) is 15.9 Å². The SMILES string of the molecule is Cc1cccc(N2C(=O)C3CSC(c4ccc(Br)cc4)N3C2=O)c1. The van der Waals surface area contributed by atoms with E-state index in [1.807, 2.05) is 55.5 Å². The van der Waals surface area contributed by atoms with Crippen molar-refractivity contribution in [1.29, 1.82) is 0 Å². The Hall–Kier alpha value is -1.79. The van der Waals surface area contributed by atoms with Crippen LogP contribution in [0.25, 0.3) is 0 Å². The van der Waals surface area contributed by atoms with E-state index < -0.39 is 0 Å². The van der Waals surface area contributed by atoms with Crippen molar-refractivity contribution in [1.82, 2.24) is 4.90 Å². The summed E-state index contributed by atoms with van der Waals surface area (Å²) < 4.78 is 0.996. The van der Waals surface area contributed by atoms with Gasteiger partial charge in [0, 0.05) is 10.2 Å². The topological polar surface area (TPSA) is 40.6 Å². The number of aryl methyl sites for hydroxylation is 1. The molecule has 2 heterocycles. The first-order valence-electron chi connectivity index (χ1n) is 7.66. The molecule has 2 aromatic carbocycles. The van der Waals surface area contributed by atoms with Crippen molar-refractivity contribution in [3.63, 3.8) is 0 Å². The minimum absolute atomic E-state index is 0.116. The summed E-state index contributed by atoms with van der Waals surface area (Å²) in [7, 11) is 0. The Bertz CT molecular complexity index is 824. The summed E-state index contributed by atoms with van der Waals surface area (Å²) in [4.78, 5) is 28.8. The van der Waals surface area contributed by atoms with E-state index in [1.54, 1.807) is 16.7 Å². The zero-order valence-electron chi connectivity index (χ0n) is 13.0. The molecule has 2 atom stereocenters. The third kappa shape index (κ3) is 2.45. The van der Waals surface area contributed by atoms with Crippen LogP contribution in [-0.4, -0.2) is 28.6 Å². The van der Waals surface area contributed by atoms with Gasteiger partial charge in [0.2, 0.25) is 0 Å². The summed E-state index contributed by atoms with van der Waals surface area (Å²) in [5, 5.41) is -0.116. The zero-order valence-corrected chi connectivity index (χ0v) is 15.4. The molecule has 0 radical (unpaired) electrons. The predicted molar refractivity (Wildman–Crippen MR) is 99.0 cm³/mol. The molecule has 0 spiro atoms. The number of amides is 3. The van der Waals surface area contributed by atoms with Crippen molar-refractivity contribution in [2.75, 3.05) is 10.7 Å². The van der Waals surface area contributed by atoms with Crippen molar-refractivity contribution < 1.29 is 9.59 Å². The van der Waals surface area contributed by atoms with Crippen molar-refractivity contribution in [3.05, 3.63) is 64.1 Å². The Labute approximate surface area is 152 Å². The number of rotatable bonds is 2. The van der Waals surface area contributed by atoms with Crippen LogP contribution in [-0.2, 0) is 4.79 Å². The molecule has 0 bridgehead atoms. The number of nitrogens with zero attached hydrogens (tertiary/aromatic N) is 2. The van der Waals surface area contributed by atoms with Crippen LogP contribution in [0.15, 0.2) is 53.0 Å². The standard InChI is InChI=1S/C18H15BrN2O2S/c1-11-3-2-4-14(9-11)20-16(22)15-10-24-17(21(15)18(20)23)12-5-7-13(19)8-6-12/h2-9,15,17H,10H2,1H3. The second-order valence-corrected chi connectivity index (χ2v) is 7.98. The van der Waals surface area contributed by atoms with Crippen LogP contribution >= 0.6 is 27.7 Å². The molecule has 3 amide bonds. The van der Waals surface area contributed by atoms with Crippen LogP contribution < -0.4 is 4.90 Å². The van der Waals surface area contributed by atoms with Gasteiger partial charge in [-0.15, -0.1) is 11.8 Å². The minimum Gasteiger partial charge on any atom is -0.295 e. The minimum atomic E-state index is -0.378. The molecule has 2 aromatic rings. The molecule has 2 aliphatic rings. The van der Waals surface area contributed by atoms with Gasteiger partial charge in [-0.25, -0.2) is 9.69 Å². The van der Waals surface area contributed by atoms with Gasteiger partial charge in [0.25, 0.3) is 5.91 Å². The van der Waals surface area contributed by atoms with Crippen LogP contribution in [0.2, 0.25) is 0 Å². The lowest BCUT2D eigenvalue weighted by Crippen LogP contribution is -2.33. The maximum atomic E-state index is 13.0. The number of carbonyl (C=O) groups is 2. The van der Waals surface area contributed by atoms with Gasteiger partial charge in [-0.3, -0.25) is 9.69 Å². The van der Waals surface area contributed by atoms with Gasteiger partial charge in [-0.1, -0.05) is 40.2 Å². The average Bonchev–Trinajstić information content (AvgIpc) is 3.09. The molecule has 0 aromatic heterocycles. The van der Waals surface area contributed by atoms with E-state index in [4.69, 9.17) is 0 Å². The number of halogens is 1. The van der Waals surface area contributed by atoms with E-state index >= 15 is 0 Å². The first-order chi connectivity index (χ1) is 11.6. The molecular formula is C18H15BrN2O2S. The maximum Gasteiger partial charge on any atom is 0.333 e. The summed E-state index contributed by atoms with van der Waals surface area (Å²) in [6.07, 6.45) is 0. The van der Waals surface area contributed by atoms with Crippen molar-refractivity contribution >= 4 is 45.3 Å². The molecule has 4 rings (SSSR count). The number of anilines is 1. The molecule has 2 aliphatic heterocycles. The highest BCUT2D eigenvalue weighted by Gasteiger charge is 2.53. The molecular weight excluding hydrogens is 388 g/mol. The summed E-state index contributed by atoms with van der Waals surface area (Å²) in [5.41, 5.74) is 2.72. The molecule has 24 heavy (non-hydrogen) atoms. The molecule has 122 valence electrons. The molecule has 0 saturated carbocycles. The van der Waals surface area contributed by atoms with Gasteiger partial charge in [-0.2, -0.15) is 0 Å². The highest BCUT2D eigenvalue weighted by atomic mass is 79.9. The second-order valence-electron chi connectivity index (χ2n) is 5.96. The van der Waals surface area contributed by atoms with Crippen LogP contribution in [0.4, 0.5) is 10.5 Å². The molecule has 6 heteroatoms. The van der Waals surface area contributed by atoms with Gasteiger partial charge in [0.1, 0.15) is 11.4 Å². The van der Waals surface area contributed by atoms with Gasteiger partial charge >= 0.3 is 6.03 Å². The smallest absolute Gasteiger partial charge is 0.295 e. The van der Waals surface area contributed by atoms with Gasteiger partial charge in [-0.05, 0) is 42.3 Å². The molecule has 2 unspecified atom stereocenters. The van der Waals surface area contributed by atoms with E-state index in [-0.39, 0.29) is 23.4 Å². The molecule has 0 N–H and O–H groups in total. The quantitative estimate of drug-likeness (QED) is 0.701. The van der Waals surface area contributed by atoms with Gasteiger partial charge in [0.05, 0.1) is 5.69 Å². The van der Waals surface area contributed by atoms with E-state index in [0.29, 0.717) is 11.4 Å². The average molecular weight is 403 g/mol. The zero-order chi connectivity index (χ0) is 16.8. The normalized spacial score (nSPS) is 23.1. The van der Waals surface area contributed by atoms with E-state index in [9.17, 15) is 9.59 Å². The van der Waals surface area contributed by atoms with Crippen molar-refractivity contribution in [2.24, 2.45) is 0 Å². The van der Waals surface area contributed by atoms with E-state index in [1.165, 1.54) is 4.90 Å². The Kier molecular flexibility index (Phi) is 3.89. The number of fused-ring (bicyclic) bond motifs is 1. The Morgan fingerprint density at radius 1 is 1.12 bits per heavy atom. The number of urea groups is 1. The summed E-state index contributed by atoms with van der Waals surface area (Å²) in [6, 6.07) is 14.8. The predicted octanol–water partition coefficient (Wildman–Crippen LogP) is 4.34. The van der Waals surface area contributed by atoms with Crippen LogP contribution in [0.1, 0.15) is 16.5 Å². The van der Waals surface area contributed by atoms with Crippen LogP contribution in [0, 0.1) is 6.92 Å². The highest BCUT2D eigenvalue weighted by molar-refractivity contribution is 9.10. The van der Waals surface area contributed by atoms with Crippen LogP contribution in [0.5, 0.6) is 0 Å². The lowest BCUT2D eigenvalue weighted by molar-refractivity contribution is -0.119. The Balaban J connectivity index is 1.69. The number of imide groups is 1. The maximum absolute atomic E-state index is 13.0. The van der Waals surface area contributed by atoms with Crippen molar-refractivity contribution in [3.8, 4) is 0 Å². The molecule has 4 nitrogen and oxygen atoms in total. The Morgan fingerprint density at radius 3 is 2.58 bits per heavy atom. The monoisotopic (exact) mass is 402 g/mol. The fraction of sp³-hybridized carbons (Fsp3) is 0.222. The highest BCUT2D eigenvalue weighted by Crippen LogP contribution is 2.46. The number of hydrogen-bond donors (Lipinski definition) is 0. The number of carbonyl (C=O) groups excluding carboxylic acids is 2. The molecule has 2 fully saturated rings. The third-order valence-corrected chi connectivity index (χ3v) is 6.18. The number of hydrogen-bond acceptors (Lipinski definition) is 3. The van der Waals surface area contributed by atoms with Gasteiger partial charge in [0.15, 0.2) is 0 Å². The van der Waals surface area contributed by atoms with E-state index in [0.717, 1.165) is 15.6 Å². The molecule has 2 saturated heterocycles. The summed E-state index contributed by atoms with van der Waals surface area (Å²) >= 11 is 5.07. The lowest BCUT2D eigenvalue weighted by atomic mass is 10.2. The first-order valence-corrected chi connectivity index (χ1v) is 9.50. The number of thioether (sulfide) groups is 1. The van der Waals surface area contributed by atoms with Crippen LogP contribution in [0.3, 0.4) is 0 Å². The van der Waals surface area contributed by atoms with Gasteiger partial charge < -0.3 is 0 Å². The first kappa shape index (κ1) is 15.7.